The molecule has 0 radical (unpaired) electrons. The average Bonchev–Trinajstić information content (AvgIpc) is 2.38. The Balaban J connectivity index is 2.59. The normalized spacial score (nSPS) is 19.2. The molecule has 124 valence electrons. The number of hydrogen-bond acceptors (Lipinski definition) is 5. The fraction of sp³-hybridized carbons (Fsp3) is 0.900. The Morgan fingerprint density at radius 3 is 2.38 bits per heavy atom. The van der Waals surface area contributed by atoms with Crippen molar-refractivity contribution in [2.75, 3.05) is 45.5 Å². The number of carbonyl (C=O) groups is 1. The Labute approximate surface area is 121 Å². The van der Waals surface area contributed by atoms with Crippen LogP contribution in [0, 0.1) is 0 Å². The molecule has 0 aromatic heterocycles. The second-order valence-electron chi connectivity index (χ2n) is 4.61. The maximum Gasteiger partial charge on any atom is 0.405 e. The number of halogens is 3. The Bertz CT molecular complexity index is 449. The number of amides is 1. The number of sulfonamides is 1. The SMILES string of the molecule is CNS(=O)(=O)CC(=O)NCC(N1CCNCC1)C(F)(F)F. The minimum absolute atomic E-state index is 0.217. The number of carbonyl (C=O) groups excluding carboxylic acids is 1. The number of nitrogens with zero attached hydrogens (tertiary/aromatic N) is 1. The summed E-state index contributed by atoms with van der Waals surface area (Å²) in [6, 6.07) is -1.82. The Morgan fingerprint density at radius 1 is 1.33 bits per heavy atom. The summed E-state index contributed by atoms with van der Waals surface area (Å²) in [6.45, 7) is 0.647. The summed E-state index contributed by atoms with van der Waals surface area (Å²) in [7, 11) is -2.67. The molecule has 1 heterocycles. The molecule has 0 bridgehead atoms. The second-order valence-corrected chi connectivity index (χ2v) is 6.54. The van der Waals surface area contributed by atoms with Gasteiger partial charge in [0.15, 0.2) is 0 Å². The van der Waals surface area contributed by atoms with Gasteiger partial charge in [-0.05, 0) is 7.05 Å². The molecule has 0 spiro atoms. The summed E-state index contributed by atoms with van der Waals surface area (Å²) in [5.41, 5.74) is 0. The zero-order valence-corrected chi connectivity index (χ0v) is 12.4. The van der Waals surface area contributed by atoms with Crippen LogP contribution in [0.3, 0.4) is 0 Å². The van der Waals surface area contributed by atoms with Gasteiger partial charge in [-0.2, -0.15) is 13.2 Å². The molecule has 0 aliphatic carbocycles. The zero-order valence-electron chi connectivity index (χ0n) is 11.5. The highest BCUT2D eigenvalue weighted by Crippen LogP contribution is 2.24. The van der Waals surface area contributed by atoms with E-state index in [1.54, 1.807) is 0 Å². The van der Waals surface area contributed by atoms with E-state index in [1.165, 1.54) is 4.90 Å². The van der Waals surface area contributed by atoms with Crippen molar-refractivity contribution in [2.24, 2.45) is 0 Å². The first kappa shape index (κ1) is 18.1. The van der Waals surface area contributed by atoms with E-state index >= 15 is 0 Å². The molecule has 7 nitrogen and oxygen atoms in total. The minimum Gasteiger partial charge on any atom is -0.353 e. The van der Waals surface area contributed by atoms with Gasteiger partial charge in [-0.1, -0.05) is 0 Å². The van der Waals surface area contributed by atoms with Gasteiger partial charge in [-0.15, -0.1) is 0 Å². The molecule has 1 aliphatic rings. The van der Waals surface area contributed by atoms with E-state index in [0.29, 0.717) is 13.1 Å². The molecule has 1 fully saturated rings. The summed E-state index contributed by atoms with van der Waals surface area (Å²) in [5, 5.41) is 4.98. The van der Waals surface area contributed by atoms with Crippen molar-refractivity contribution in [3.8, 4) is 0 Å². The fourth-order valence-corrected chi connectivity index (χ4v) is 2.54. The second kappa shape index (κ2) is 7.38. The highest BCUT2D eigenvalue weighted by atomic mass is 32.2. The van der Waals surface area contributed by atoms with Crippen LogP contribution in [0.15, 0.2) is 0 Å². The van der Waals surface area contributed by atoms with Crippen molar-refractivity contribution in [3.63, 3.8) is 0 Å². The van der Waals surface area contributed by atoms with Crippen LogP contribution in [0.4, 0.5) is 13.2 Å². The van der Waals surface area contributed by atoms with Crippen LogP contribution >= 0.6 is 0 Å². The Morgan fingerprint density at radius 2 is 1.90 bits per heavy atom. The van der Waals surface area contributed by atoms with Crippen LogP contribution in [-0.4, -0.2) is 77.0 Å². The van der Waals surface area contributed by atoms with Crippen LogP contribution in [0.25, 0.3) is 0 Å². The van der Waals surface area contributed by atoms with E-state index in [0.717, 1.165) is 7.05 Å². The molecular formula is C10H19F3N4O3S. The van der Waals surface area contributed by atoms with Gasteiger partial charge in [0, 0.05) is 32.7 Å². The average molecular weight is 332 g/mol. The maximum absolute atomic E-state index is 13.0. The monoisotopic (exact) mass is 332 g/mol. The van der Waals surface area contributed by atoms with Crippen LogP contribution < -0.4 is 15.4 Å². The van der Waals surface area contributed by atoms with Crippen LogP contribution in [-0.2, 0) is 14.8 Å². The van der Waals surface area contributed by atoms with Gasteiger partial charge in [-0.25, -0.2) is 13.1 Å². The van der Waals surface area contributed by atoms with Crippen LogP contribution in [0.2, 0.25) is 0 Å². The van der Waals surface area contributed by atoms with Crippen molar-refractivity contribution in [1.82, 2.24) is 20.3 Å². The summed E-state index contributed by atoms with van der Waals surface area (Å²) < 4.78 is 63.2. The Hall–Kier alpha value is -0.910. The van der Waals surface area contributed by atoms with E-state index in [9.17, 15) is 26.4 Å². The third kappa shape index (κ3) is 6.16. The third-order valence-corrected chi connectivity index (χ3v) is 4.36. The molecule has 0 aromatic carbocycles. The molecule has 21 heavy (non-hydrogen) atoms. The summed E-state index contributed by atoms with van der Waals surface area (Å²) in [4.78, 5) is 12.6. The van der Waals surface area contributed by atoms with Crippen molar-refractivity contribution in [1.29, 1.82) is 0 Å². The number of alkyl halides is 3. The van der Waals surface area contributed by atoms with Gasteiger partial charge in [-0.3, -0.25) is 9.69 Å². The number of rotatable bonds is 6. The molecule has 1 atom stereocenters. The largest absolute Gasteiger partial charge is 0.405 e. The van der Waals surface area contributed by atoms with Gasteiger partial charge >= 0.3 is 6.18 Å². The van der Waals surface area contributed by atoms with E-state index in [2.05, 4.69) is 5.32 Å². The lowest BCUT2D eigenvalue weighted by atomic mass is 10.2. The van der Waals surface area contributed by atoms with E-state index in [4.69, 9.17) is 0 Å². The van der Waals surface area contributed by atoms with Gasteiger partial charge in [0.05, 0.1) is 0 Å². The molecule has 1 rings (SSSR count). The minimum atomic E-state index is -4.49. The number of piperazine rings is 1. The van der Waals surface area contributed by atoms with Crippen molar-refractivity contribution in [2.45, 2.75) is 12.2 Å². The quantitative estimate of drug-likeness (QED) is 0.550. The molecule has 11 heteroatoms. The predicted octanol–water partition coefficient (Wildman–Crippen LogP) is -1.51. The highest BCUT2D eigenvalue weighted by Gasteiger charge is 2.43. The fourth-order valence-electron chi connectivity index (χ4n) is 1.95. The molecule has 1 unspecified atom stereocenters. The van der Waals surface area contributed by atoms with Crippen molar-refractivity contribution in [3.05, 3.63) is 0 Å². The number of hydrogen-bond donors (Lipinski definition) is 3. The molecule has 1 aliphatic heterocycles. The molecule has 1 saturated heterocycles. The summed E-state index contributed by atoms with van der Waals surface area (Å²) in [5.74, 6) is -1.86. The molecular weight excluding hydrogens is 313 g/mol. The van der Waals surface area contributed by atoms with Crippen molar-refractivity contribution >= 4 is 15.9 Å². The van der Waals surface area contributed by atoms with Gasteiger partial charge < -0.3 is 10.6 Å². The smallest absolute Gasteiger partial charge is 0.353 e. The summed E-state index contributed by atoms with van der Waals surface area (Å²) >= 11 is 0. The molecule has 1 amide bonds. The standard InChI is InChI=1S/C10H19F3N4O3S/c1-14-21(19,20)7-9(18)16-6-8(10(11,12)13)17-4-2-15-3-5-17/h8,14-15H,2-7H2,1H3,(H,16,18). The Kier molecular flexibility index (Phi) is 6.38. The van der Waals surface area contributed by atoms with Crippen LogP contribution in [0.1, 0.15) is 0 Å². The van der Waals surface area contributed by atoms with Gasteiger partial charge in [0.25, 0.3) is 0 Å². The topological polar surface area (TPSA) is 90.5 Å². The van der Waals surface area contributed by atoms with Gasteiger partial charge in [0.2, 0.25) is 15.9 Å². The van der Waals surface area contributed by atoms with E-state index in [-0.39, 0.29) is 13.1 Å². The highest BCUT2D eigenvalue weighted by molar-refractivity contribution is 7.90. The third-order valence-electron chi connectivity index (χ3n) is 3.09. The van der Waals surface area contributed by atoms with E-state index < -0.39 is 40.4 Å². The zero-order chi connectivity index (χ0) is 16.1. The molecule has 0 aromatic rings. The van der Waals surface area contributed by atoms with Crippen LogP contribution in [0.5, 0.6) is 0 Å². The van der Waals surface area contributed by atoms with Crippen molar-refractivity contribution < 1.29 is 26.4 Å². The number of nitrogens with one attached hydrogen (secondary N) is 3. The first-order valence-electron chi connectivity index (χ1n) is 6.35. The predicted molar refractivity (Wildman–Crippen MR) is 70.1 cm³/mol. The first-order chi connectivity index (χ1) is 9.65. The van der Waals surface area contributed by atoms with Gasteiger partial charge in [0.1, 0.15) is 11.8 Å². The van der Waals surface area contributed by atoms with E-state index in [1.807, 2.05) is 10.0 Å². The maximum atomic E-state index is 13.0. The lowest BCUT2D eigenvalue weighted by Gasteiger charge is -2.35. The molecule has 3 N–H and O–H groups in total. The molecule has 0 saturated carbocycles. The lowest BCUT2D eigenvalue weighted by molar-refractivity contribution is -0.183. The first-order valence-corrected chi connectivity index (χ1v) is 8.00. The lowest BCUT2D eigenvalue weighted by Crippen LogP contribution is -2.57. The summed E-state index contributed by atoms with van der Waals surface area (Å²) in [6.07, 6.45) is -4.49.